The zero-order valence-electron chi connectivity index (χ0n) is 10.1. The molecule has 1 atom stereocenters. The van der Waals surface area contributed by atoms with Gasteiger partial charge >= 0.3 is 0 Å². The monoisotopic (exact) mass is 296 g/mol. The van der Waals surface area contributed by atoms with E-state index in [1.54, 1.807) is 6.92 Å². The number of ketones is 1. The standard InChI is InChI=1S/C14H17BrO2/c1-3-12(16)9-14(17)10(2)8-11-6-4-5-7-13(11)15/h4-7,9-10,17H,3,8H2,1-2H3. The van der Waals surface area contributed by atoms with E-state index in [4.69, 9.17) is 0 Å². The van der Waals surface area contributed by atoms with Gasteiger partial charge in [0.25, 0.3) is 0 Å². The highest BCUT2D eigenvalue weighted by atomic mass is 79.9. The van der Waals surface area contributed by atoms with Gasteiger partial charge in [-0.15, -0.1) is 0 Å². The Bertz CT molecular complexity index is 424. The molecule has 0 aromatic heterocycles. The minimum absolute atomic E-state index is 0.0403. The first-order valence-electron chi connectivity index (χ1n) is 5.71. The molecular weight excluding hydrogens is 280 g/mol. The van der Waals surface area contributed by atoms with Gasteiger partial charge in [-0.2, -0.15) is 0 Å². The third kappa shape index (κ3) is 4.35. The van der Waals surface area contributed by atoms with Crippen molar-refractivity contribution in [2.45, 2.75) is 26.7 Å². The first kappa shape index (κ1) is 14.0. The fourth-order valence-electron chi connectivity index (χ4n) is 1.51. The molecule has 1 aromatic carbocycles. The molecule has 0 fully saturated rings. The Morgan fingerprint density at radius 1 is 1.47 bits per heavy atom. The largest absolute Gasteiger partial charge is 0.512 e. The van der Waals surface area contributed by atoms with Crippen LogP contribution in [0.1, 0.15) is 25.8 Å². The lowest BCUT2D eigenvalue weighted by atomic mass is 9.98. The summed E-state index contributed by atoms with van der Waals surface area (Å²) in [7, 11) is 0. The van der Waals surface area contributed by atoms with E-state index in [1.165, 1.54) is 6.08 Å². The van der Waals surface area contributed by atoms with Crippen molar-refractivity contribution in [2.75, 3.05) is 0 Å². The summed E-state index contributed by atoms with van der Waals surface area (Å²) in [6, 6.07) is 7.90. The summed E-state index contributed by atoms with van der Waals surface area (Å²) >= 11 is 3.47. The number of hydrogen-bond donors (Lipinski definition) is 1. The molecule has 1 rings (SSSR count). The number of aliphatic hydroxyl groups is 1. The minimum atomic E-state index is -0.0517. The highest BCUT2D eigenvalue weighted by molar-refractivity contribution is 9.10. The van der Waals surface area contributed by atoms with E-state index in [0.29, 0.717) is 12.8 Å². The molecule has 17 heavy (non-hydrogen) atoms. The quantitative estimate of drug-likeness (QED) is 0.657. The molecular formula is C14H17BrO2. The molecule has 0 aliphatic rings. The van der Waals surface area contributed by atoms with Gasteiger partial charge in [0.15, 0.2) is 5.78 Å². The summed E-state index contributed by atoms with van der Waals surface area (Å²) in [6.07, 6.45) is 2.47. The van der Waals surface area contributed by atoms with Crippen LogP contribution in [0.3, 0.4) is 0 Å². The Morgan fingerprint density at radius 2 is 2.12 bits per heavy atom. The predicted octanol–water partition coefficient (Wildman–Crippen LogP) is 4.05. The first-order valence-corrected chi connectivity index (χ1v) is 6.50. The lowest BCUT2D eigenvalue weighted by molar-refractivity contribution is -0.114. The van der Waals surface area contributed by atoms with Gasteiger partial charge in [0, 0.05) is 22.9 Å². The summed E-state index contributed by atoms with van der Waals surface area (Å²) in [5.74, 6) is 0.0679. The van der Waals surface area contributed by atoms with Gasteiger partial charge in [0.1, 0.15) is 0 Å². The Labute approximate surface area is 110 Å². The van der Waals surface area contributed by atoms with Crippen LogP contribution in [0.25, 0.3) is 0 Å². The van der Waals surface area contributed by atoms with Crippen LogP contribution in [0.5, 0.6) is 0 Å². The van der Waals surface area contributed by atoms with E-state index in [-0.39, 0.29) is 17.5 Å². The maximum atomic E-state index is 11.2. The number of allylic oxidation sites excluding steroid dienone is 2. The van der Waals surface area contributed by atoms with E-state index in [0.717, 1.165) is 10.0 Å². The van der Waals surface area contributed by atoms with Crippen molar-refractivity contribution in [3.05, 3.63) is 46.1 Å². The Balaban J connectivity index is 2.73. The second-order valence-corrected chi connectivity index (χ2v) is 4.94. The van der Waals surface area contributed by atoms with Crippen LogP contribution in [0.15, 0.2) is 40.6 Å². The summed E-state index contributed by atoms with van der Waals surface area (Å²) in [6.45, 7) is 3.69. The van der Waals surface area contributed by atoms with Crippen LogP contribution in [-0.2, 0) is 11.2 Å². The molecule has 3 heteroatoms. The molecule has 0 amide bonds. The van der Waals surface area contributed by atoms with Crippen LogP contribution < -0.4 is 0 Å². The van der Waals surface area contributed by atoms with Crippen molar-refractivity contribution < 1.29 is 9.90 Å². The lowest BCUT2D eigenvalue weighted by Gasteiger charge is -2.11. The molecule has 0 saturated carbocycles. The van der Waals surface area contributed by atoms with Crippen LogP contribution in [0.2, 0.25) is 0 Å². The van der Waals surface area contributed by atoms with Gasteiger partial charge in [-0.25, -0.2) is 0 Å². The van der Waals surface area contributed by atoms with Crippen LogP contribution in [0, 0.1) is 5.92 Å². The summed E-state index contributed by atoms with van der Waals surface area (Å²) in [4.78, 5) is 11.2. The number of halogens is 1. The normalized spacial score (nSPS) is 13.5. The molecule has 0 radical (unpaired) electrons. The average molecular weight is 297 g/mol. The van der Waals surface area contributed by atoms with Crippen molar-refractivity contribution in [3.8, 4) is 0 Å². The maximum absolute atomic E-state index is 11.2. The van der Waals surface area contributed by atoms with E-state index < -0.39 is 0 Å². The third-order valence-corrected chi connectivity index (χ3v) is 3.42. The molecule has 0 aliphatic carbocycles. The fraction of sp³-hybridized carbons (Fsp3) is 0.357. The fourth-order valence-corrected chi connectivity index (χ4v) is 1.95. The molecule has 1 unspecified atom stereocenters. The topological polar surface area (TPSA) is 37.3 Å². The van der Waals surface area contributed by atoms with Crippen LogP contribution in [0.4, 0.5) is 0 Å². The van der Waals surface area contributed by atoms with Crippen LogP contribution in [-0.4, -0.2) is 10.9 Å². The number of hydrogen-bond acceptors (Lipinski definition) is 2. The molecule has 0 heterocycles. The van der Waals surface area contributed by atoms with Crippen molar-refractivity contribution in [3.63, 3.8) is 0 Å². The number of aliphatic hydroxyl groups excluding tert-OH is 1. The van der Waals surface area contributed by atoms with Gasteiger partial charge in [-0.3, -0.25) is 4.79 Å². The molecule has 1 N–H and O–H groups in total. The van der Waals surface area contributed by atoms with E-state index >= 15 is 0 Å². The van der Waals surface area contributed by atoms with Crippen LogP contribution >= 0.6 is 15.9 Å². The van der Waals surface area contributed by atoms with E-state index in [1.807, 2.05) is 31.2 Å². The molecule has 0 bridgehead atoms. The predicted molar refractivity (Wildman–Crippen MR) is 73.0 cm³/mol. The molecule has 92 valence electrons. The SMILES string of the molecule is CCC(=O)C=C(O)C(C)Cc1ccccc1Br. The zero-order valence-corrected chi connectivity index (χ0v) is 11.7. The Hall–Kier alpha value is -1.09. The smallest absolute Gasteiger partial charge is 0.158 e. The summed E-state index contributed by atoms with van der Waals surface area (Å²) in [5, 5.41) is 9.80. The van der Waals surface area contributed by atoms with Gasteiger partial charge in [-0.1, -0.05) is 48.0 Å². The first-order chi connectivity index (χ1) is 8.04. The van der Waals surface area contributed by atoms with Crippen molar-refractivity contribution in [1.82, 2.24) is 0 Å². The minimum Gasteiger partial charge on any atom is -0.512 e. The summed E-state index contributed by atoms with van der Waals surface area (Å²) < 4.78 is 1.03. The van der Waals surface area contributed by atoms with Gasteiger partial charge < -0.3 is 5.11 Å². The molecule has 0 spiro atoms. The van der Waals surface area contributed by atoms with Gasteiger partial charge in [-0.05, 0) is 18.1 Å². The molecule has 2 nitrogen and oxygen atoms in total. The highest BCUT2D eigenvalue weighted by Gasteiger charge is 2.11. The van der Waals surface area contributed by atoms with E-state index in [9.17, 15) is 9.90 Å². The Morgan fingerprint density at radius 3 is 2.71 bits per heavy atom. The second-order valence-electron chi connectivity index (χ2n) is 4.09. The highest BCUT2D eigenvalue weighted by Crippen LogP contribution is 2.22. The molecule has 0 aliphatic heterocycles. The van der Waals surface area contributed by atoms with Crippen molar-refractivity contribution in [2.24, 2.45) is 5.92 Å². The van der Waals surface area contributed by atoms with Gasteiger partial charge in [0.2, 0.25) is 0 Å². The van der Waals surface area contributed by atoms with E-state index in [2.05, 4.69) is 15.9 Å². The zero-order chi connectivity index (χ0) is 12.8. The number of rotatable bonds is 5. The number of benzene rings is 1. The maximum Gasteiger partial charge on any atom is 0.158 e. The average Bonchev–Trinajstić information content (AvgIpc) is 2.31. The molecule has 0 saturated heterocycles. The Kier molecular flexibility index (Phi) is 5.42. The summed E-state index contributed by atoms with van der Waals surface area (Å²) in [5.41, 5.74) is 1.13. The third-order valence-electron chi connectivity index (χ3n) is 2.65. The molecule has 1 aromatic rings. The van der Waals surface area contributed by atoms with Crippen molar-refractivity contribution in [1.29, 1.82) is 0 Å². The lowest BCUT2D eigenvalue weighted by Crippen LogP contribution is -2.06. The second kappa shape index (κ2) is 6.60. The van der Waals surface area contributed by atoms with Crippen molar-refractivity contribution >= 4 is 21.7 Å². The number of carbonyl (C=O) groups is 1. The number of carbonyl (C=O) groups excluding carboxylic acids is 1. The van der Waals surface area contributed by atoms with Gasteiger partial charge in [0.05, 0.1) is 5.76 Å².